The van der Waals surface area contributed by atoms with E-state index in [0.29, 0.717) is 13.1 Å². The normalized spacial score (nSPS) is 11.5. The second-order valence-electron chi connectivity index (χ2n) is 4.44. The van der Waals surface area contributed by atoms with Crippen molar-refractivity contribution in [2.45, 2.75) is 26.2 Å². The Morgan fingerprint density at radius 2 is 2.20 bits per heavy atom. The van der Waals surface area contributed by atoms with Gasteiger partial charge in [0.25, 0.3) is 0 Å². The lowest BCUT2D eigenvalue weighted by Crippen LogP contribution is -2.25. The van der Waals surface area contributed by atoms with Crippen LogP contribution in [0.4, 0.5) is 5.69 Å². The van der Waals surface area contributed by atoms with Gasteiger partial charge >= 0.3 is 5.69 Å². The Hall–Kier alpha value is -1.36. The second-order valence-corrected chi connectivity index (χ2v) is 4.44. The third kappa shape index (κ3) is 3.06. The first kappa shape index (κ1) is 11.7. The molecule has 4 N–H and O–H groups in total. The molecule has 0 fully saturated rings. The van der Waals surface area contributed by atoms with Gasteiger partial charge in [0.15, 0.2) is 0 Å². The number of rotatable bonds is 3. The maximum atomic E-state index is 11.1. The van der Waals surface area contributed by atoms with Crippen LogP contribution >= 0.6 is 0 Å². The number of hydrogen-bond donors (Lipinski definition) is 3. The third-order valence-electron chi connectivity index (χ3n) is 2.02. The van der Waals surface area contributed by atoms with Crippen molar-refractivity contribution < 1.29 is 0 Å². The molecule has 0 saturated heterocycles. The summed E-state index contributed by atoms with van der Waals surface area (Å²) in [5, 5.41) is 3.14. The molecule has 0 amide bonds. The molecule has 0 aliphatic carbocycles. The number of H-pyrrole nitrogens is 1. The minimum absolute atomic E-state index is 0.126. The van der Waals surface area contributed by atoms with Crippen molar-refractivity contribution in [3.8, 4) is 0 Å². The van der Waals surface area contributed by atoms with Gasteiger partial charge in [-0.05, 0) is 0 Å². The van der Waals surface area contributed by atoms with Gasteiger partial charge in [-0.2, -0.15) is 4.98 Å². The zero-order chi connectivity index (χ0) is 11.5. The average Bonchev–Trinajstić information content (AvgIpc) is 2.14. The Balaban J connectivity index is 3.09. The van der Waals surface area contributed by atoms with E-state index in [1.807, 2.05) is 20.8 Å². The van der Waals surface area contributed by atoms with Crippen LogP contribution < -0.4 is 16.7 Å². The summed E-state index contributed by atoms with van der Waals surface area (Å²) in [6, 6.07) is 0. The van der Waals surface area contributed by atoms with Crippen LogP contribution in [0.2, 0.25) is 0 Å². The first-order valence-corrected chi connectivity index (χ1v) is 4.99. The number of aromatic amines is 1. The van der Waals surface area contributed by atoms with Crippen LogP contribution in [0, 0.1) is 0 Å². The highest BCUT2D eigenvalue weighted by Crippen LogP contribution is 2.25. The summed E-state index contributed by atoms with van der Waals surface area (Å²) in [5.41, 5.74) is 6.66. The van der Waals surface area contributed by atoms with Crippen molar-refractivity contribution in [3.05, 3.63) is 22.4 Å². The van der Waals surface area contributed by atoms with E-state index < -0.39 is 0 Å². The molecule has 1 heterocycles. The fourth-order valence-corrected chi connectivity index (χ4v) is 1.33. The number of nitrogens with one attached hydrogen (secondary N) is 2. The van der Waals surface area contributed by atoms with Gasteiger partial charge in [0.05, 0.1) is 11.9 Å². The van der Waals surface area contributed by atoms with Crippen LogP contribution in [-0.4, -0.2) is 23.1 Å². The lowest BCUT2D eigenvalue weighted by Gasteiger charge is -2.22. The van der Waals surface area contributed by atoms with Crippen molar-refractivity contribution in [1.82, 2.24) is 9.97 Å². The first-order valence-electron chi connectivity index (χ1n) is 4.99. The van der Waals surface area contributed by atoms with E-state index in [4.69, 9.17) is 5.73 Å². The van der Waals surface area contributed by atoms with E-state index in [1.165, 1.54) is 0 Å². The summed E-state index contributed by atoms with van der Waals surface area (Å²) in [7, 11) is 0. The Kier molecular flexibility index (Phi) is 3.47. The van der Waals surface area contributed by atoms with Gasteiger partial charge in [-0.25, -0.2) is 4.79 Å². The van der Waals surface area contributed by atoms with Crippen LogP contribution in [0.25, 0.3) is 0 Å². The highest BCUT2D eigenvalue weighted by molar-refractivity contribution is 5.48. The molecule has 0 atom stereocenters. The van der Waals surface area contributed by atoms with Gasteiger partial charge in [-0.3, -0.25) is 0 Å². The Labute approximate surface area is 89.1 Å². The predicted octanol–water partition coefficient (Wildman–Crippen LogP) is 0.438. The van der Waals surface area contributed by atoms with Gasteiger partial charge < -0.3 is 16.0 Å². The van der Waals surface area contributed by atoms with E-state index in [9.17, 15) is 4.79 Å². The number of anilines is 1. The molecular weight excluding hydrogens is 192 g/mol. The lowest BCUT2D eigenvalue weighted by molar-refractivity contribution is 0.565. The fourth-order valence-electron chi connectivity index (χ4n) is 1.33. The number of nitrogens with zero attached hydrogens (tertiary/aromatic N) is 1. The van der Waals surface area contributed by atoms with Crippen molar-refractivity contribution in [2.24, 2.45) is 5.73 Å². The van der Waals surface area contributed by atoms with Crippen LogP contribution in [0.5, 0.6) is 0 Å². The van der Waals surface area contributed by atoms with Gasteiger partial charge in [-0.1, -0.05) is 20.8 Å². The molecule has 1 aromatic rings. The summed E-state index contributed by atoms with van der Waals surface area (Å²) in [6.07, 6.45) is 1.55. The first-order chi connectivity index (χ1) is 6.95. The zero-order valence-corrected chi connectivity index (χ0v) is 9.42. The molecule has 1 aromatic heterocycles. The number of aromatic nitrogens is 2. The summed E-state index contributed by atoms with van der Waals surface area (Å²) < 4.78 is 0. The van der Waals surface area contributed by atoms with Crippen LogP contribution in [0.3, 0.4) is 0 Å². The van der Waals surface area contributed by atoms with Gasteiger partial charge in [0.1, 0.15) is 0 Å². The summed E-state index contributed by atoms with van der Waals surface area (Å²) in [4.78, 5) is 17.6. The lowest BCUT2D eigenvalue weighted by atomic mass is 9.91. The van der Waals surface area contributed by atoms with Gasteiger partial charge in [0, 0.05) is 24.2 Å². The molecule has 0 aliphatic rings. The van der Waals surface area contributed by atoms with Crippen LogP contribution in [0.15, 0.2) is 11.0 Å². The smallest absolute Gasteiger partial charge is 0.345 e. The quantitative estimate of drug-likeness (QED) is 0.676. The van der Waals surface area contributed by atoms with E-state index in [2.05, 4.69) is 15.3 Å². The summed E-state index contributed by atoms with van der Waals surface area (Å²) in [6.45, 7) is 7.31. The molecule has 0 radical (unpaired) electrons. The maximum absolute atomic E-state index is 11.1. The van der Waals surface area contributed by atoms with E-state index >= 15 is 0 Å². The van der Waals surface area contributed by atoms with Crippen LogP contribution in [0.1, 0.15) is 26.5 Å². The minimum atomic E-state index is -0.321. The van der Waals surface area contributed by atoms with E-state index in [-0.39, 0.29) is 11.1 Å². The standard InChI is InChI=1S/C10H18N4O/c1-10(2,3)8-7(12-5-4-11)6-13-9(15)14-8/h6,12H,4-5,11H2,1-3H3,(H,13,14,15). The number of hydrogen-bond acceptors (Lipinski definition) is 4. The molecule has 0 spiro atoms. The van der Waals surface area contributed by atoms with Gasteiger partial charge in [0.2, 0.25) is 0 Å². The molecule has 84 valence electrons. The largest absolute Gasteiger partial charge is 0.381 e. The number of nitrogens with two attached hydrogens (primary N) is 1. The molecule has 0 bridgehead atoms. The van der Waals surface area contributed by atoms with Crippen molar-refractivity contribution in [3.63, 3.8) is 0 Å². The Bertz CT molecular complexity index is 378. The molecule has 5 heteroatoms. The van der Waals surface area contributed by atoms with E-state index in [1.54, 1.807) is 6.20 Å². The second kappa shape index (κ2) is 4.44. The highest BCUT2D eigenvalue weighted by Gasteiger charge is 2.19. The molecule has 0 aliphatic heterocycles. The molecular formula is C10H18N4O. The van der Waals surface area contributed by atoms with Crippen LogP contribution in [-0.2, 0) is 5.41 Å². The Morgan fingerprint density at radius 1 is 1.53 bits per heavy atom. The fraction of sp³-hybridized carbons (Fsp3) is 0.600. The SMILES string of the molecule is CC(C)(C)c1[nH]c(=O)ncc1NCCN. The minimum Gasteiger partial charge on any atom is -0.381 e. The molecule has 0 saturated carbocycles. The van der Waals surface area contributed by atoms with Crippen molar-refractivity contribution in [2.75, 3.05) is 18.4 Å². The molecule has 0 unspecified atom stereocenters. The van der Waals surface area contributed by atoms with Crippen molar-refractivity contribution >= 4 is 5.69 Å². The molecule has 5 nitrogen and oxygen atoms in total. The topological polar surface area (TPSA) is 83.8 Å². The molecule has 15 heavy (non-hydrogen) atoms. The van der Waals surface area contributed by atoms with Crippen molar-refractivity contribution in [1.29, 1.82) is 0 Å². The molecule has 0 aromatic carbocycles. The maximum Gasteiger partial charge on any atom is 0.345 e. The summed E-state index contributed by atoms with van der Waals surface area (Å²) in [5.74, 6) is 0. The summed E-state index contributed by atoms with van der Waals surface area (Å²) >= 11 is 0. The average molecular weight is 210 g/mol. The van der Waals surface area contributed by atoms with Gasteiger partial charge in [-0.15, -0.1) is 0 Å². The Morgan fingerprint density at radius 3 is 2.73 bits per heavy atom. The third-order valence-corrected chi connectivity index (χ3v) is 2.02. The predicted molar refractivity (Wildman–Crippen MR) is 61.1 cm³/mol. The molecule has 1 rings (SSSR count). The monoisotopic (exact) mass is 210 g/mol. The highest BCUT2D eigenvalue weighted by atomic mass is 16.1. The zero-order valence-electron chi connectivity index (χ0n) is 9.42. The van der Waals surface area contributed by atoms with E-state index in [0.717, 1.165) is 11.4 Å².